The molecule has 6 nitrogen and oxygen atoms in total. The molecule has 0 bridgehead atoms. The molecule has 0 unspecified atom stereocenters. The van der Waals surface area contributed by atoms with Gasteiger partial charge in [-0.3, -0.25) is 14.6 Å². The van der Waals surface area contributed by atoms with Gasteiger partial charge in [-0.15, -0.1) is 0 Å². The maximum atomic E-state index is 12.9. The first-order chi connectivity index (χ1) is 16.9. The summed E-state index contributed by atoms with van der Waals surface area (Å²) in [4.78, 5) is 17.7. The number of carbonyl (C=O) groups is 1. The average Bonchev–Trinajstić information content (AvgIpc) is 2.87. The highest BCUT2D eigenvalue weighted by atomic mass is 16.5. The van der Waals surface area contributed by atoms with Gasteiger partial charge in [-0.05, 0) is 68.0 Å². The van der Waals surface area contributed by atoms with E-state index in [9.17, 15) is 15.0 Å². The van der Waals surface area contributed by atoms with Crippen LogP contribution in [-0.2, 0) is 13.1 Å². The number of allylic oxidation sites excluding steroid dienone is 1. The molecule has 2 aromatic rings. The van der Waals surface area contributed by atoms with Crippen LogP contribution in [0.15, 0.2) is 42.5 Å². The minimum absolute atomic E-state index is 0.0829. The molecule has 6 heteroatoms. The summed E-state index contributed by atoms with van der Waals surface area (Å²) in [5.41, 5.74) is 3.36. The number of phenols is 1. The van der Waals surface area contributed by atoms with Gasteiger partial charge >= 0.3 is 0 Å². The lowest BCUT2D eigenvalue weighted by Gasteiger charge is -2.30. The SMILES string of the molecule is COc1cc(O)c(C(=O)/C=C/c2ccc(CN3CCC(C)CC3)cc2)cc1CN1CCC(O)CC1. The van der Waals surface area contributed by atoms with Crippen LogP contribution in [0.3, 0.4) is 0 Å². The Bertz CT molecular complexity index is 1020. The van der Waals surface area contributed by atoms with E-state index in [0.717, 1.165) is 62.6 Å². The van der Waals surface area contributed by atoms with E-state index in [1.54, 1.807) is 19.3 Å². The molecule has 2 heterocycles. The molecule has 0 saturated carbocycles. The third-order valence-electron chi connectivity index (χ3n) is 7.30. The van der Waals surface area contributed by atoms with E-state index in [2.05, 4.69) is 28.9 Å². The van der Waals surface area contributed by atoms with Gasteiger partial charge in [-0.25, -0.2) is 0 Å². The molecule has 2 aliphatic heterocycles. The van der Waals surface area contributed by atoms with Gasteiger partial charge in [0.05, 0.1) is 18.8 Å². The minimum atomic E-state index is -0.244. The number of ketones is 1. The van der Waals surface area contributed by atoms with Crippen molar-refractivity contribution in [2.45, 2.75) is 51.8 Å². The Kier molecular flexibility index (Phi) is 8.60. The molecule has 35 heavy (non-hydrogen) atoms. The van der Waals surface area contributed by atoms with Crippen molar-refractivity contribution in [1.82, 2.24) is 9.80 Å². The molecule has 0 radical (unpaired) electrons. The number of rotatable bonds is 8. The van der Waals surface area contributed by atoms with Crippen molar-refractivity contribution in [1.29, 1.82) is 0 Å². The number of aliphatic hydroxyl groups excluding tert-OH is 1. The maximum absolute atomic E-state index is 12.9. The molecule has 0 aromatic heterocycles. The molecule has 2 saturated heterocycles. The summed E-state index contributed by atoms with van der Waals surface area (Å²) in [5.74, 6) is 1.07. The molecule has 2 N–H and O–H groups in total. The topological polar surface area (TPSA) is 73.2 Å². The zero-order valence-corrected chi connectivity index (χ0v) is 20.9. The Morgan fingerprint density at radius 3 is 2.29 bits per heavy atom. The van der Waals surface area contributed by atoms with Crippen molar-refractivity contribution in [3.05, 3.63) is 64.7 Å². The highest BCUT2D eigenvalue weighted by Crippen LogP contribution is 2.30. The summed E-state index contributed by atoms with van der Waals surface area (Å²) in [5, 5.41) is 20.2. The Labute approximate surface area is 208 Å². The average molecular weight is 479 g/mol. The first-order valence-electron chi connectivity index (χ1n) is 12.7. The number of ether oxygens (including phenoxy) is 1. The number of phenolic OH excluding ortho intramolecular Hbond substituents is 1. The summed E-state index contributed by atoms with van der Waals surface area (Å²) >= 11 is 0. The number of methoxy groups -OCH3 is 1. The Balaban J connectivity index is 1.40. The maximum Gasteiger partial charge on any atom is 0.189 e. The number of nitrogens with zero attached hydrogens (tertiary/aromatic N) is 2. The second-order valence-corrected chi connectivity index (χ2v) is 10.1. The summed E-state index contributed by atoms with van der Waals surface area (Å²) in [6.07, 6.45) is 7.09. The third-order valence-corrected chi connectivity index (χ3v) is 7.30. The van der Waals surface area contributed by atoms with E-state index in [1.807, 2.05) is 12.1 Å². The van der Waals surface area contributed by atoms with Crippen LogP contribution >= 0.6 is 0 Å². The van der Waals surface area contributed by atoms with E-state index in [0.29, 0.717) is 12.3 Å². The number of aromatic hydroxyl groups is 1. The molecule has 2 aromatic carbocycles. The molecule has 2 aliphatic rings. The van der Waals surface area contributed by atoms with Crippen molar-refractivity contribution >= 4 is 11.9 Å². The predicted molar refractivity (Wildman–Crippen MR) is 139 cm³/mol. The van der Waals surface area contributed by atoms with Crippen molar-refractivity contribution in [2.75, 3.05) is 33.3 Å². The van der Waals surface area contributed by atoms with Crippen molar-refractivity contribution in [3.8, 4) is 11.5 Å². The Morgan fingerprint density at radius 2 is 1.63 bits per heavy atom. The fourth-order valence-corrected chi connectivity index (χ4v) is 4.92. The third kappa shape index (κ3) is 6.94. The molecule has 0 atom stereocenters. The first kappa shape index (κ1) is 25.4. The highest BCUT2D eigenvalue weighted by Gasteiger charge is 2.21. The molecular formula is C29H38N2O4. The summed E-state index contributed by atoms with van der Waals surface area (Å²) < 4.78 is 5.45. The van der Waals surface area contributed by atoms with E-state index >= 15 is 0 Å². The lowest BCUT2D eigenvalue weighted by atomic mass is 9.98. The van der Waals surface area contributed by atoms with Crippen molar-refractivity contribution in [2.24, 2.45) is 5.92 Å². The van der Waals surface area contributed by atoms with Crippen LogP contribution in [0.25, 0.3) is 6.08 Å². The van der Waals surface area contributed by atoms with Gasteiger partial charge in [0, 0.05) is 37.8 Å². The van der Waals surface area contributed by atoms with Gasteiger partial charge in [-0.2, -0.15) is 0 Å². The van der Waals surface area contributed by atoms with E-state index < -0.39 is 0 Å². The van der Waals surface area contributed by atoms with E-state index in [-0.39, 0.29) is 23.2 Å². The number of likely N-dealkylation sites (tertiary alicyclic amines) is 2. The molecule has 2 fully saturated rings. The molecule has 0 spiro atoms. The monoisotopic (exact) mass is 478 g/mol. The first-order valence-corrected chi connectivity index (χ1v) is 12.7. The van der Waals surface area contributed by atoms with Gasteiger partial charge in [0.25, 0.3) is 0 Å². The summed E-state index contributed by atoms with van der Waals surface area (Å²) in [7, 11) is 1.56. The largest absolute Gasteiger partial charge is 0.507 e. The van der Waals surface area contributed by atoms with Gasteiger partial charge in [0.15, 0.2) is 5.78 Å². The van der Waals surface area contributed by atoms with Crippen LogP contribution in [0, 0.1) is 5.92 Å². The van der Waals surface area contributed by atoms with E-state index in [4.69, 9.17) is 4.74 Å². The lowest BCUT2D eigenvalue weighted by molar-refractivity contribution is 0.0789. The summed E-state index contributed by atoms with van der Waals surface area (Å²) in [6.45, 7) is 7.80. The van der Waals surface area contributed by atoms with Gasteiger partial charge in [0.1, 0.15) is 11.5 Å². The quantitative estimate of drug-likeness (QED) is 0.430. The van der Waals surface area contributed by atoms with Crippen LogP contribution in [0.1, 0.15) is 59.7 Å². The zero-order valence-electron chi connectivity index (χ0n) is 20.9. The van der Waals surface area contributed by atoms with Gasteiger partial charge in [0.2, 0.25) is 0 Å². The van der Waals surface area contributed by atoms with Gasteiger partial charge < -0.3 is 14.9 Å². The van der Waals surface area contributed by atoms with Crippen molar-refractivity contribution < 1.29 is 19.7 Å². The molecule has 188 valence electrons. The molecular weight excluding hydrogens is 440 g/mol. The fourth-order valence-electron chi connectivity index (χ4n) is 4.92. The van der Waals surface area contributed by atoms with Crippen LogP contribution in [0.4, 0.5) is 0 Å². The Morgan fingerprint density at radius 1 is 1.00 bits per heavy atom. The number of benzene rings is 2. The molecule has 4 rings (SSSR count). The van der Waals surface area contributed by atoms with Gasteiger partial charge in [-0.1, -0.05) is 37.3 Å². The van der Waals surface area contributed by atoms with Crippen LogP contribution in [-0.4, -0.2) is 65.2 Å². The predicted octanol–water partition coefficient (Wildman–Crippen LogP) is 4.49. The van der Waals surface area contributed by atoms with E-state index in [1.165, 1.54) is 30.5 Å². The number of carbonyl (C=O) groups excluding carboxylic acids is 1. The molecule has 0 aliphatic carbocycles. The minimum Gasteiger partial charge on any atom is -0.507 e. The smallest absolute Gasteiger partial charge is 0.189 e. The highest BCUT2D eigenvalue weighted by molar-refractivity contribution is 6.08. The van der Waals surface area contributed by atoms with Crippen LogP contribution < -0.4 is 4.74 Å². The number of hydrogen-bond acceptors (Lipinski definition) is 6. The number of aliphatic hydroxyl groups is 1. The summed E-state index contributed by atoms with van der Waals surface area (Å²) in [6, 6.07) is 11.6. The fraction of sp³-hybridized carbons (Fsp3) is 0.483. The standard InChI is InChI=1S/C29H38N2O4/c1-21-9-13-30(14-10-21)19-23-5-3-22(4-6-23)7-8-27(33)26-17-24(29(35-2)18-28(26)34)20-31-15-11-25(32)12-16-31/h3-8,17-18,21,25,32,34H,9-16,19-20H2,1-2H3/b8-7+. The second-order valence-electron chi connectivity index (χ2n) is 10.1. The number of hydrogen-bond donors (Lipinski definition) is 2. The Hall–Kier alpha value is -2.67. The van der Waals surface area contributed by atoms with Crippen LogP contribution in [0.2, 0.25) is 0 Å². The van der Waals surface area contributed by atoms with Crippen molar-refractivity contribution in [3.63, 3.8) is 0 Å². The normalized spacial score (nSPS) is 18.8. The zero-order chi connectivity index (χ0) is 24.8. The second kappa shape index (κ2) is 11.8. The lowest BCUT2D eigenvalue weighted by Crippen LogP contribution is -2.35. The van der Waals surface area contributed by atoms with Crippen LogP contribution in [0.5, 0.6) is 11.5 Å². The molecule has 0 amide bonds. The number of piperidine rings is 2.